The second kappa shape index (κ2) is 5.17. The van der Waals surface area contributed by atoms with E-state index in [1.807, 2.05) is 0 Å². The molecule has 0 saturated carbocycles. The van der Waals surface area contributed by atoms with E-state index in [2.05, 4.69) is 5.32 Å². The summed E-state index contributed by atoms with van der Waals surface area (Å²) in [5.41, 5.74) is -1.32. The zero-order valence-corrected chi connectivity index (χ0v) is 9.65. The fourth-order valence-corrected chi connectivity index (χ4v) is 1.53. The van der Waals surface area contributed by atoms with Crippen molar-refractivity contribution in [2.45, 2.75) is 0 Å². The molecule has 0 aromatic heterocycles. The lowest BCUT2D eigenvalue weighted by atomic mass is 10.2. The number of nitrogens with zero attached hydrogens (tertiary/aromatic N) is 1. The number of nitrogens with one attached hydrogen (secondary N) is 1. The van der Waals surface area contributed by atoms with Crippen molar-refractivity contribution >= 4 is 11.4 Å². The monoisotopic (exact) mass is 284 g/mol. The lowest BCUT2D eigenvalue weighted by Crippen LogP contribution is -2.01. The van der Waals surface area contributed by atoms with Crippen LogP contribution < -0.4 is 5.32 Å². The van der Waals surface area contributed by atoms with Crippen LogP contribution in [0.1, 0.15) is 5.56 Å². The Balaban J connectivity index is 2.43. The molecule has 20 heavy (non-hydrogen) atoms. The molecule has 0 aliphatic carbocycles. The van der Waals surface area contributed by atoms with Crippen molar-refractivity contribution in [3.05, 3.63) is 58.9 Å². The Morgan fingerprint density at radius 3 is 1.75 bits per heavy atom. The van der Waals surface area contributed by atoms with Gasteiger partial charge < -0.3 is 5.32 Å². The molecule has 1 N–H and O–H groups in total. The zero-order chi connectivity index (χ0) is 14.9. The minimum absolute atomic E-state index is 0.248. The largest absolute Gasteiger partial charge is 0.351 e. The fraction of sp³-hybridized carbons (Fsp3) is 0. The van der Waals surface area contributed by atoms with Crippen molar-refractivity contribution < 1.29 is 22.0 Å². The minimum Gasteiger partial charge on any atom is -0.351 e. The van der Waals surface area contributed by atoms with Gasteiger partial charge in [0.2, 0.25) is 0 Å². The number of anilines is 2. The molecule has 2 aromatic carbocycles. The van der Waals surface area contributed by atoms with Crippen LogP contribution in [0.4, 0.5) is 33.3 Å². The van der Waals surface area contributed by atoms with E-state index in [9.17, 15) is 22.0 Å². The Morgan fingerprint density at radius 2 is 1.30 bits per heavy atom. The summed E-state index contributed by atoms with van der Waals surface area (Å²) in [6.07, 6.45) is 0. The minimum atomic E-state index is -1.68. The summed E-state index contributed by atoms with van der Waals surface area (Å²) < 4.78 is 65.8. The molecular formula is C13H5F5N2. The van der Waals surface area contributed by atoms with Crippen LogP contribution in [0.5, 0.6) is 0 Å². The summed E-state index contributed by atoms with van der Waals surface area (Å²) in [5.74, 6) is -6.92. The summed E-state index contributed by atoms with van der Waals surface area (Å²) in [4.78, 5) is 0. The first-order valence-corrected chi connectivity index (χ1v) is 5.23. The van der Waals surface area contributed by atoms with Crippen LogP contribution in [0.3, 0.4) is 0 Å². The molecule has 0 saturated heterocycles. The highest BCUT2D eigenvalue weighted by atomic mass is 19.2. The van der Waals surface area contributed by atoms with Gasteiger partial charge in [0, 0.05) is 17.8 Å². The number of hydrogen-bond acceptors (Lipinski definition) is 2. The summed E-state index contributed by atoms with van der Waals surface area (Å²) >= 11 is 0. The first kappa shape index (κ1) is 13.8. The van der Waals surface area contributed by atoms with Crippen LogP contribution in [0, 0.1) is 40.4 Å². The summed E-state index contributed by atoms with van der Waals surface area (Å²) in [6, 6.07) is 4.15. The second-order valence-electron chi connectivity index (χ2n) is 3.81. The van der Waals surface area contributed by atoms with Gasteiger partial charge in [0.15, 0.2) is 29.1 Å². The van der Waals surface area contributed by atoms with E-state index in [0.717, 1.165) is 12.1 Å². The maximum absolute atomic E-state index is 13.5. The third-order valence-electron chi connectivity index (χ3n) is 2.42. The van der Waals surface area contributed by atoms with E-state index in [1.54, 1.807) is 6.07 Å². The Hall–Kier alpha value is -2.62. The third kappa shape index (κ3) is 2.54. The highest BCUT2D eigenvalue weighted by Crippen LogP contribution is 2.26. The van der Waals surface area contributed by atoms with Gasteiger partial charge in [0.05, 0.1) is 11.6 Å². The van der Waals surface area contributed by atoms with Crippen molar-refractivity contribution in [2.75, 3.05) is 5.32 Å². The average molecular weight is 284 g/mol. The van der Waals surface area contributed by atoms with Crippen molar-refractivity contribution in [3.63, 3.8) is 0 Å². The molecule has 0 aliphatic rings. The van der Waals surface area contributed by atoms with E-state index in [4.69, 9.17) is 5.26 Å². The topological polar surface area (TPSA) is 35.8 Å². The molecule has 2 nitrogen and oxygen atoms in total. The molecule has 102 valence electrons. The fourth-order valence-electron chi connectivity index (χ4n) is 1.53. The first-order chi connectivity index (χ1) is 9.42. The number of benzene rings is 2. The quantitative estimate of drug-likeness (QED) is 0.668. The van der Waals surface area contributed by atoms with E-state index < -0.39 is 34.8 Å². The van der Waals surface area contributed by atoms with Gasteiger partial charge in [-0.15, -0.1) is 0 Å². The molecule has 2 rings (SSSR count). The van der Waals surface area contributed by atoms with Crippen molar-refractivity contribution in [1.29, 1.82) is 5.26 Å². The Bertz CT molecular complexity index is 675. The Labute approximate surface area is 110 Å². The van der Waals surface area contributed by atoms with Gasteiger partial charge in [-0.05, 0) is 12.1 Å². The smallest absolute Gasteiger partial charge is 0.194 e. The van der Waals surface area contributed by atoms with E-state index in [0.29, 0.717) is 12.1 Å². The molecular weight excluding hydrogens is 279 g/mol. The van der Waals surface area contributed by atoms with Gasteiger partial charge in [-0.2, -0.15) is 5.26 Å². The molecule has 0 fully saturated rings. The molecule has 0 atom stereocenters. The lowest BCUT2D eigenvalue weighted by molar-refractivity contribution is 0.448. The van der Waals surface area contributed by atoms with Gasteiger partial charge in [0.1, 0.15) is 5.69 Å². The van der Waals surface area contributed by atoms with Crippen molar-refractivity contribution in [3.8, 4) is 6.07 Å². The molecule has 2 aromatic rings. The van der Waals surface area contributed by atoms with Crippen LogP contribution in [0.15, 0.2) is 24.3 Å². The van der Waals surface area contributed by atoms with E-state index >= 15 is 0 Å². The summed E-state index contributed by atoms with van der Waals surface area (Å²) in [6.45, 7) is 0. The molecule has 0 radical (unpaired) electrons. The van der Waals surface area contributed by atoms with Gasteiger partial charge in [0.25, 0.3) is 0 Å². The maximum atomic E-state index is 13.5. The highest BCUT2D eigenvalue weighted by Gasteiger charge is 2.15. The van der Waals surface area contributed by atoms with Crippen molar-refractivity contribution in [2.24, 2.45) is 0 Å². The van der Waals surface area contributed by atoms with Crippen LogP contribution in [-0.2, 0) is 0 Å². The normalized spacial score (nSPS) is 10.2. The SMILES string of the molecule is N#Cc1cc(F)c(Nc2cc(F)c(F)c(F)c2)c(F)c1. The maximum Gasteiger partial charge on any atom is 0.194 e. The standard InChI is InChI=1S/C13H5F5N2/c14-8-3-7(4-9(15)12(8)18)20-13-10(16)1-6(5-19)2-11(13)17/h1-4,20H. The summed E-state index contributed by atoms with van der Waals surface area (Å²) in [5, 5.41) is 10.6. The molecule has 0 amide bonds. The number of hydrogen-bond donors (Lipinski definition) is 1. The molecule has 0 spiro atoms. The van der Waals surface area contributed by atoms with Crippen LogP contribution >= 0.6 is 0 Å². The average Bonchev–Trinajstić information content (AvgIpc) is 2.39. The third-order valence-corrected chi connectivity index (χ3v) is 2.42. The summed E-state index contributed by atoms with van der Waals surface area (Å²) in [7, 11) is 0. The Morgan fingerprint density at radius 1 is 0.800 bits per heavy atom. The van der Waals surface area contributed by atoms with E-state index in [1.165, 1.54) is 0 Å². The predicted molar refractivity (Wildman–Crippen MR) is 60.7 cm³/mol. The van der Waals surface area contributed by atoms with Gasteiger partial charge >= 0.3 is 0 Å². The zero-order valence-electron chi connectivity index (χ0n) is 9.65. The number of rotatable bonds is 2. The second-order valence-corrected chi connectivity index (χ2v) is 3.81. The number of halogens is 5. The van der Waals surface area contributed by atoms with Crippen LogP contribution in [0.25, 0.3) is 0 Å². The van der Waals surface area contributed by atoms with Crippen molar-refractivity contribution in [1.82, 2.24) is 0 Å². The van der Waals surface area contributed by atoms with Crippen LogP contribution in [-0.4, -0.2) is 0 Å². The predicted octanol–water partition coefficient (Wildman–Crippen LogP) is 4.00. The first-order valence-electron chi connectivity index (χ1n) is 5.23. The van der Waals surface area contributed by atoms with Gasteiger partial charge in [-0.3, -0.25) is 0 Å². The van der Waals surface area contributed by atoms with Gasteiger partial charge in [-0.1, -0.05) is 0 Å². The number of nitriles is 1. The molecule has 7 heteroatoms. The molecule has 0 bridgehead atoms. The molecule has 0 unspecified atom stereocenters. The molecule has 0 heterocycles. The molecule has 0 aliphatic heterocycles. The highest BCUT2D eigenvalue weighted by molar-refractivity contribution is 5.62. The van der Waals surface area contributed by atoms with Gasteiger partial charge in [-0.25, -0.2) is 22.0 Å². The van der Waals surface area contributed by atoms with Crippen LogP contribution in [0.2, 0.25) is 0 Å². The van der Waals surface area contributed by atoms with E-state index in [-0.39, 0.29) is 11.3 Å². The Kier molecular flexibility index (Phi) is 3.57. The lowest BCUT2D eigenvalue weighted by Gasteiger charge is -2.10.